The summed E-state index contributed by atoms with van der Waals surface area (Å²) in [5, 5.41) is 8.81. The maximum atomic E-state index is 12.2. The highest BCUT2D eigenvalue weighted by Crippen LogP contribution is 2.10. The third kappa shape index (κ3) is 3.86. The number of amides is 1. The lowest BCUT2D eigenvalue weighted by molar-refractivity contribution is -0.135. The average Bonchev–Trinajstić information content (AvgIpc) is 2.37. The zero-order valence-electron chi connectivity index (χ0n) is 10.8. The molecule has 1 aromatic rings. The van der Waals surface area contributed by atoms with E-state index >= 15 is 0 Å². The maximum absolute atomic E-state index is 12.2. The lowest BCUT2D eigenvalue weighted by Gasteiger charge is -2.25. The molecule has 0 bridgehead atoms. The zero-order valence-corrected chi connectivity index (χ0v) is 10.8. The van der Waals surface area contributed by atoms with Gasteiger partial charge in [0, 0.05) is 12.6 Å². The highest BCUT2D eigenvalue weighted by atomic mass is 16.2. The van der Waals surface area contributed by atoms with Gasteiger partial charge in [-0.3, -0.25) is 4.79 Å². The summed E-state index contributed by atoms with van der Waals surface area (Å²) in [6.45, 7) is 4.13. The van der Waals surface area contributed by atoms with Crippen molar-refractivity contribution in [3.63, 3.8) is 0 Å². The normalized spacial score (nSPS) is 13.4. The predicted molar refractivity (Wildman–Crippen MR) is 70.3 cm³/mol. The molecule has 0 spiro atoms. The second kappa shape index (κ2) is 6.77. The molecule has 4 nitrogen and oxygen atoms in total. The smallest absolute Gasteiger partial charge is 0.228 e. The van der Waals surface area contributed by atoms with Crippen LogP contribution in [0.5, 0.6) is 0 Å². The Morgan fingerprint density at radius 1 is 1.39 bits per heavy atom. The number of hydrogen-bond acceptors (Lipinski definition) is 3. The fraction of sp³-hybridized carbons (Fsp3) is 0.429. The first kappa shape index (κ1) is 14.2. The van der Waals surface area contributed by atoms with Crippen LogP contribution in [0.4, 0.5) is 0 Å². The van der Waals surface area contributed by atoms with E-state index in [1.807, 2.05) is 36.4 Å². The van der Waals surface area contributed by atoms with E-state index in [-0.39, 0.29) is 24.4 Å². The van der Waals surface area contributed by atoms with E-state index < -0.39 is 0 Å². The summed E-state index contributed by atoms with van der Waals surface area (Å²) >= 11 is 0. The number of rotatable bonds is 5. The molecule has 0 aliphatic carbocycles. The number of nitriles is 1. The molecule has 0 saturated carbocycles. The molecule has 2 N–H and O–H groups in total. The van der Waals surface area contributed by atoms with Crippen LogP contribution in [-0.2, 0) is 11.3 Å². The van der Waals surface area contributed by atoms with Crippen molar-refractivity contribution in [2.75, 3.05) is 6.54 Å². The van der Waals surface area contributed by atoms with Crippen molar-refractivity contribution in [1.82, 2.24) is 4.90 Å². The summed E-state index contributed by atoms with van der Waals surface area (Å²) in [4.78, 5) is 13.7. The monoisotopic (exact) mass is 245 g/mol. The van der Waals surface area contributed by atoms with Crippen LogP contribution in [-0.4, -0.2) is 23.4 Å². The molecule has 0 aliphatic rings. The minimum absolute atomic E-state index is 0.0737. The fourth-order valence-electron chi connectivity index (χ4n) is 1.61. The number of benzene rings is 1. The first-order chi connectivity index (χ1) is 8.56. The Morgan fingerprint density at radius 2 is 2.00 bits per heavy atom. The highest BCUT2D eigenvalue weighted by Gasteiger charge is 2.23. The second-order valence-corrected chi connectivity index (χ2v) is 4.49. The maximum Gasteiger partial charge on any atom is 0.228 e. The van der Waals surface area contributed by atoms with Crippen molar-refractivity contribution < 1.29 is 4.79 Å². The Hall–Kier alpha value is -1.86. The summed E-state index contributed by atoms with van der Waals surface area (Å²) in [5.41, 5.74) is 6.75. The number of nitrogens with two attached hydrogens (primary N) is 1. The molecule has 4 heteroatoms. The lowest BCUT2D eigenvalue weighted by atomic mass is 10.0. The molecule has 2 atom stereocenters. The van der Waals surface area contributed by atoms with Gasteiger partial charge in [0.1, 0.15) is 6.54 Å². The van der Waals surface area contributed by atoms with E-state index in [0.29, 0.717) is 6.54 Å². The largest absolute Gasteiger partial charge is 0.327 e. The average molecular weight is 245 g/mol. The van der Waals surface area contributed by atoms with Crippen LogP contribution in [0.3, 0.4) is 0 Å². The minimum atomic E-state index is -0.276. The molecule has 0 heterocycles. The van der Waals surface area contributed by atoms with E-state index in [4.69, 9.17) is 11.0 Å². The van der Waals surface area contributed by atoms with Crippen LogP contribution in [0, 0.1) is 17.2 Å². The molecule has 96 valence electrons. The number of hydrogen-bond donors (Lipinski definition) is 1. The Morgan fingerprint density at radius 3 is 2.50 bits per heavy atom. The Labute approximate surface area is 108 Å². The quantitative estimate of drug-likeness (QED) is 0.800. The van der Waals surface area contributed by atoms with Gasteiger partial charge >= 0.3 is 0 Å². The Kier molecular flexibility index (Phi) is 5.34. The van der Waals surface area contributed by atoms with Crippen molar-refractivity contribution in [1.29, 1.82) is 5.26 Å². The van der Waals surface area contributed by atoms with Crippen molar-refractivity contribution in [2.45, 2.75) is 26.4 Å². The minimum Gasteiger partial charge on any atom is -0.327 e. The van der Waals surface area contributed by atoms with Crippen LogP contribution >= 0.6 is 0 Å². The summed E-state index contributed by atoms with van der Waals surface area (Å²) in [6, 6.07) is 11.4. The number of carbonyl (C=O) groups excluding carboxylic acids is 1. The van der Waals surface area contributed by atoms with Crippen LogP contribution < -0.4 is 5.73 Å². The molecule has 0 radical (unpaired) electrons. The van der Waals surface area contributed by atoms with E-state index in [2.05, 4.69) is 0 Å². The molecular formula is C14H19N3O. The molecule has 0 saturated heterocycles. The Balaban J connectivity index is 2.77. The second-order valence-electron chi connectivity index (χ2n) is 4.49. The zero-order chi connectivity index (χ0) is 13.5. The highest BCUT2D eigenvalue weighted by molar-refractivity contribution is 5.79. The van der Waals surface area contributed by atoms with Crippen molar-refractivity contribution in [3.8, 4) is 6.07 Å². The van der Waals surface area contributed by atoms with Gasteiger partial charge in [0.25, 0.3) is 0 Å². The third-order valence-corrected chi connectivity index (χ3v) is 2.97. The van der Waals surface area contributed by atoms with Gasteiger partial charge in [0.15, 0.2) is 0 Å². The van der Waals surface area contributed by atoms with Gasteiger partial charge < -0.3 is 10.6 Å². The standard InChI is InChI=1S/C14H19N3O/c1-11(12(2)16)14(18)17(9-8-15)10-13-6-4-3-5-7-13/h3-7,11-12H,9-10,16H2,1-2H3. The molecule has 0 aromatic heterocycles. The number of carbonyl (C=O) groups is 1. The molecule has 2 unspecified atom stereocenters. The van der Waals surface area contributed by atoms with Crippen molar-refractivity contribution in [3.05, 3.63) is 35.9 Å². The molecular weight excluding hydrogens is 226 g/mol. The topological polar surface area (TPSA) is 70.1 Å². The van der Waals surface area contributed by atoms with Crippen LogP contribution in [0.15, 0.2) is 30.3 Å². The van der Waals surface area contributed by atoms with Gasteiger partial charge in [-0.2, -0.15) is 5.26 Å². The molecule has 1 rings (SSSR count). The lowest BCUT2D eigenvalue weighted by Crippen LogP contribution is -2.41. The molecule has 0 aliphatic heterocycles. The van der Waals surface area contributed by atoms with Gasteiger partial charge in [0.2, 0.25) is 5.91 Å². The van der Waals surface area contributed by atoms with E-state index in [1.54, 1.807) is 18.7 Å². The molecule has 0 fully saturated rings. The van der Waals surface area contributed by atoms with Gasteiger partial charge in [-0.25, -0.2) is 0 Å². The predicted octanol–water partition coefficient (Wildman–Crippen LogP) is 1.52. The van der Waals surface area contributed by atoms with Crippen LogP contribution in [0.25, 0.3) is 0 Å². The summed E-state index contributed by atoms with van der Waals surface area (Å²) < 4.78 is 0. The molecule has 1 amide bonds. The summed E-state index contributed by atoms with van der Waals surface area (Å²) in [7, 11) is 0. The first-order valence-corrected chi connectivity index (χ1v) is 6.01. The van der Waals surface area contributed by atoms with E-state index in [9.17, 15) is 4.79 Å². The van der Waals surface area contributed by atoms with Gasteiger partial charge in [0.05, 0.1) is 12.0 Å². The summed E-state index contributed by atoms with van der Waals surface area (Å²) in [6.07, 6.45) is 0. The SMILES string of the molecule is CC(N)C(C)C(=O)N(CC#N)Cc1ccccc1. The Bertz CT molecular complexity index is 422. The fourth-order valence-corrected chi connectivity index (χ4v) is 1.61. The van der Waals surface area contributed by atoms with E-state index in [0.717, 1.165) is 5.56 Å². The number of nitrogens with zero attached hydrogens (tertiary/aromatic N) is 2. The van der Waals surface area contributed by atoms with Crippen LogP contribution in [0.2, 0.25) is 0 Å². The first-order valence-electron chi connectivity index (χ1n) is 6.01. The van der Waals surface area contributed by atoms with Gasteiger partial charge in [-0.05, 0) is 12.5 Å². The van der Waals surface area contributed by atoms with Gasteiger partial charge in [-0.15, -0.1) is 0 Å². The molecule has 18 heavy (non-hydrogen) atoms. The van der Waals surface area contributed by atoms with E-state index in [1.165, 1.54) is 0 Å². The van der Waals surface area contributed by atoms with Crippen molar-refractivity contribution >= 4 is 5.91 Å². The van der Waals surface area contributed by atoms with Crippen LogP contribution in [0.1, 0.15) is 19.4 Å². The van der Waals surface area contributed by atoms with Gasteiger partial charge in [-0.1, -0.05) is 37.3 Å². The molecule has 1 aromatic carbocycles. The van der Waals surface area contributed by atoms with Crippen molar-refractivity contribution in [2.24, 2.45) is 11.7 Å². The third-order valence-electron chi connectivity index (χ3n) is 2.97. The summed E-state index contributed by atoms with van der Waals surface area (Å²) in [5.74, 6) is -0.350.